The van der Waals surface area contributed by atoms with E-state index in [0.29, 0.717) is 12.8 Å². The number of carboxylic acids is 1. The fourth-order valence-electron chi connectivity index (χ4n) is 2.13. The van der Waals surface area contributed by atoms with Gasteiger partial charge in [0.2, 0.25) is 0 Å². The number of carbonyl (C=O) groups is 1. The van der Waals surface area contributed by atoms with Crippen LogP contribution in [0.25, 0.3) is 0 Å². The smallest absolute Gasteiger partial charge is 0.304 e. The normalized spacial score (nSPS) is 16.4. The number of carboxylic acid groups (broad SMARTS) is 1. The predicted octanol–water partition coefficient (Wildman–Crippen LogP) is 3.13. The van der Waals surface area contributed by atoms with Crippen molar-refractivity contribution in [1.29, 1.82) is 0 Å². The van der Waals surface area contributed by atoms with Crippen molar-refractivity contribution in [2.75, 3.05) is 7.11 Å². The van der Waals surface area contributed by atoms with Crippen LogP contribution in [0, 0.1) is 11.6 Å². The molecule has 0 bridgehead atoms. The predicted molar refractivity (Wildman–Crippen MR) is 61.1 cm³/mol. The molecule has 1 N–H and O–H groups in total. The molecule has 1 aliphatic rings. The Hall–Kier alpha value is -1.36. The lowest BCUT2D eigenvalue weighted by molar-refractivity contribution is -0.137. The first-order chi connectivity index (χ1) is 8.41. The minimum Gasteiger partial charge on any atom is -0.491 e. The summed E-state index contributed by atoms with van der Waals surface area (Å²) in [5.41, 5.74) is -0.659. The highest BCUT2D eigenvalue weighted by Gasteiger charge is 2.48. The number of ether oxygens (including phenoxy) is 1. The molecule has 1 aliphatic carbocycles. The van der Waals surface area contributed by atoms with Crippen molar-refractivity contribution in [2.45, 2.75) is 24.7 Å². The van der Waals surface area contributed by atoms with Gasteiger partial charge in [0.1, 0.15) is 0 Å². The van der Waals surface area contributed by atoms with Gasteiger partial charge >= 0.3 is 5.97 Å². The third-order valence-corrected chi connectivity index (χ3v) is 3.51. The van der Waals surface area contributed by atoms with Gasteiger partial charge in [-0.15, -0.1) is 0 Å². The fourth-order valence-corrected chi connectivity index (χ4v) is 2.32. The van der Waals surface area contributed by atoms with Gasteiger partial charge in [0.05, 0.1) is 18.6 Å². The molecule has 0 heterocycles. The summed E-state index contributed by atoms with van der Waals surface area (Å²) in [4.78, 5) is 10.8. The zero-order chi connectivity index (χ0) is 13.5. The van der Waals surface area contributed by atoms with Crippen LogP contribution in [0.1, 0.15) is 24.8 Å². The van der Waals surface area contributed by atoms with Gasteiger partial charge in [-0.1, -0.05) is 11.6 Å². The lowest BCUT2D eigenvalue weighted by atomic mass is 9.91. The van der Waals surface area contributed by atoms with Crippen molar-refractivity contribution in [1.82, 2.24) is 0 Å². The number of hydrogen-bond acceptors (Lipinski definition) is 2. The summed E-state index contributed by atoms with van der Waals surface area (Å²) in [7, 11) is 1.14. The minimum absolute atomic E-state index is 0.119. The van der Waals surface area contributed by atoms with Crippen LogP contribution in [0.4, 0.5) is 8.78 Å². The second-order valence-electron chi connectivity index (χ2n) is 4.42. The largest absolute Gasteiger partial charge is 0.491 e. The summed E-state index contributed by atoms with van der Waals surface area (Å²) in [6.07, 6.45) is 0.887. The Bertz CT molecular complexity index is 513. The molecule has 0 unspecified atom stereocenters. The van der Waals surface area contributed by atoms with Gasteiger partial charge < -0.3 is 9.84 Å². The van der Waals surface area contributed by atoms with Crippen LogP contribution in [-0.4, -0.2) is 18.2 Å². The van der Waals surface area contributed by atoms with Gasteiger partial charge in [0.15, 0.2) is 17.4 Å². The van der Waals surface area contributed by atoms with Crippen LogP contribution in [0.2, 0.25) is 5.02 Å². The molecule has 0 aliphatic heterocycles. The second-order valence-corrected chi connectivity index (χ2v) is 4.83. The molecule has 0 amide bonds. The average Bonchev–Trinajstić information content (AvgIpc) is 3.04. The molecule has 0 atom stereocenters. The van der Waals surface area contributed by atoms with Crippen molar-refractivity contribution >= 4 is 17.6 Å². The van der Waals surface area contributed by atoms with E-state index in [1.807, 2.05) is 0 Å². The van der Waals surface area contributed by atoms with Crippen molar-refractivity contribution in [2.24, 2.45) is 0 Å². The molecule has 0 radical (unpaired) electrons. The summed E-state index contributed by atoms with van der Waals surface area (Å²) in [5, 5.41) is 8.57. The first-order valence-electron chi connectivity index (χ1n) is 5.35. The summed E-state index contributed by atoms with van der Waals surface area (Å²) in [6.45, 7) is 0. The highest BCUT2D eigenvalue weighted by atomic mass is 35.5. The van der Waals surface area contributed by atoms with Gasteiger partial charge in [-0.2, -0.15) is 0 Å². The van der Waals surface area contributed by atoms with Crippen molar-refractivity contribution in [3.05, 3.63) is 28.3 Å². The Morgan fingerprint density at radius 3 is 2.56 bits per heavy atom. The van der Waals surface area contributed by atoms with Crippen LogP contribution in [0.3, 0.4) is 0 Å². The molecule has 2 rings (SSSR count). The van der Waals surface area contributed by atoms with Crippen LogP contribution in [0.15, 0.2) is 6.07 Å². The molecule has 0 aromatic heterocycles. The van der Waals surface area contributed by atoms with Crippen LogP contribution in [0.5, 0.6) is 5.75 Å². The molecular weight excluding hydrogens is 266 g/mol. The lowest BCUT2D eigenvalue weighted by Crippen LogP contribution is -2.16. The molecule has 1 saturated carbocycles. The van der Waals surface area contributed by atoms with E-state index in [0.717, 1.165) is 13.2 Å². The first-order valence-corrected chi connectivity index (χ1v) is 5.73. The van der Waals surface area contributed by atoms with E-state index >= 15 is 0 Å². The van der Waals surface area contributed by atoms with Crippen molar-refractivity contribution < 1.29 is 23.4 Å². The number of methoxy groups -OCH3 is 1. The monoisotopic (exact) mass is 276 g/mol. The fraction of sp³-hybridized carbons (Fsp3) is 0.417. The van der Waals surface area contributed by atoms with Crippen LogP contribution >= 0.6 is 11.6 Å². The van der Waals surface area contributed by atoms with Crippen molar-refractivity contribution in [3.8, 4) is 5.75 Å². The SMILES string of the molecule is COc1c(F)c(Cl)cc(C2(CC(=O)O)CC2)c1F. The number of aliphatic carboxylic acids is 1. The zero-order valence-corrected chi connectivity index (χ0v) is 10.4. The van der Waals surface area contributed by atoms with Gasteiger partial charge in [-0.25, -0.2) is 8.78 Å². The van der Waals surface area contributed by atoms with Crippen LogP contribution < -0.4 is 4.74 Å². The number of benzene rings is 1. The highest BCUT2D eigenvalue weighted by molar-refractivity contribution is 6.31. The minimum atomic E-state index is -1.02. The third-order valence-electron chi connectivity index (χ3n) is 3.23. The number of hydrogen-bond donors (Lipinski definition) is 1. The number of halogens is 3. The summed E-state index contributed by atoms with van der Waals surface area (Å²) in [5.74, 6) is -3.41. The Balaban J connectivity index is 2.52. The second kappa shape index (κ2) is 4.39. The standard InChI is InChI=1S/C12H11ClF2O3/c1-18-11-9(14)6(4-7(13)10(11)15)12(2-3-12)5-8(16)17/h4H,2-3,5H2,1H3,(H,16,17). The Kier molecular flexibility index (Phi) is 3.19. The van der Waals surface area contributed by atoms with Crippen LogP contribution in [-0.2, 0) is 10.2 Å². The van der Waals surface area contributed by atoms with Crippen molar-refractivity contribution in [3.63, 3.8) is 0 Å². The van der Waals surface area contributed by atoms with E-state index < -0.39 is 28.8 Å². The molecule has 0 saturated heterocycles. The lowest BCUT2D eigenvalue weighted by Gasteiger charge is -2.17. The Morgan fingerprint density at radius 1 is 1.50 bits per heavy atom. The highest BCUT2D eigenvalue weighted by Crippen LogP contribution is 2.53. The van der Waals surface area contributed by atoms with E-state index in [1.54, 1.807) is 0 Å². The van der Waals surface area contributed by atoms with Gasteiger partial charge in [-0.3, -0.25) is 4.79 Å². The third kappa shape index (κ3) is 2.03. The van der Waals surface area contributed by atoms with E-state index in [2.05, 4.69) is 4.74 Å². The van der Waals surface area contributed by atoms with Gasteiger partial charge in [-0.05, 0) is 18.9 Å². The molecule has 6 heteroatoms. The molecule has 1 fully saturated rings. The van der Waals surface area contributed by atoms with Gasteiger partial charge in [0, 0.05) is 11.0 Å². The topological polar surface area (TPSA) is 46.5 Å². The Morgan fingerprint density at radius 2 is 2.11 bits per heavy atom. The van der Waals surface area contributed by atoms with E-state index in [9.17, 15) is 13.6 Å². The molecule has 1 aromatic rings. The first kappa shape index (κ1) is 13.1. The summed E-state index contributed by atoms with van der Waals surface area (Å²) >= 11 is 5.67. The summed E-state index contributed by atoms with van der Waals surface area (Å²) in [6, 6.07) is 1.16. The molecular formula is C12H11ClF2O3. The Labute approximate surface area is 107 Å². The maximum Gasteiger partial charge on any atom is 0.304 e. The maximum absolute atomic E-state index is 14.1. The number of rotatable bonds is 4. The van der Waals surface area contributed by atoms with Gasteiger partial charge in [0.25, 0.3) is 0 Å². The molecule has 18 heavy (non-hydrogen) atoms. The average molecular weight is 277 g/mol. The molecule has 1 aromatic carbocycles. The zero-order valence-electron chi connectivity index (χ0n) is 9.60. The molecule has 3 nitrogen and oxygen atoms in total. The van der Waals surface area contributed by atoms with E-state index in [-0.39, 0.29) is 17.0 Å². The quantitative estimate of drug-likeness (QED) is 0.860. The van der Waals surface area contributed by atoms with E-state index in [4.69, 9.17) is 16.7 Å². The van der Waals surface area contributed by atoms with E-state index in [1.165, 1.54) is 0 Å². The maximum atomic E-state index is 14.1. The summed E-state index contributed by atoms with van der Waals surface area (Å²) < 4.78 is 32.2. The molecule has 98 valence electrons. The molecule has 0 spiro atoms.